The quantitative estimate of drug-likeness (QED) is 0.763. The van der Waals surface area contributed by atoms with E-state index in [0.29, 0.717) is 6.04 Å². The zero-order chi connectivity index (χ0) is 18.6. The normalized spacial score (nSPS) is 15.5. The molecule has 6 nitrogen and oxygen atoms in total. The Kier molecular flexibility index (Phi) is 7.61. The number of piperidine rings is 1. The third-order valence-corrected chi connectivity index (χ3v) is 6.38. The number of hydrogen-bond acceptors (Lipinski definition) is 4. The number of carbonyl (C=O) groups is 1. The van der Waals surface area contributed by atoms with Crippen LogP contribution in [0, 0.1) is 0 Å². The summed E-state index contributed by atoms with van der Waals surface area (Å²) >= 11 is 0. The number of halogens is 1. The number of fused-ring (bicyclic) bond motifs is 1. The van der Waals surface area contributed by atoms with Crippen molar-refractivity contribution in [3.63, 3.8) is 0 Å². The van der Waals surface area contributed by atoms with Crippen LogP contribution in [0.5, 0.6) is 0 Å². The number of hydrogen-bond donors (Lipinski definition) is 2. The first-order valence-corrected chi connectivity index (χ1v) is 10.4. The molecular formula is C19H26ClN3O3S. The van der Waals surface area contributed by atoms with E-state index in [9.17, 15) is 13.2 Å². The number of sulfonamides is 1. The number of nitrogens with zero attached hydrogens (tertiary/aromatic N) is 1. The molecule has 2 N–H and O–H groups in total. The van der Waals surface area contributed by atoms with Crippen molar-refractivity contribution in [1.82, 2.24) is 14.9 Å². The van der Waals surface area contributed by atoms with Gasteiger partial charge >= 0.3 is 0 Å². The minimum absolute atomic E-state index is 0. The zero-order valence-electron chi connectivity index (χ0n) is 15.3. The molecule has 2 aromatic rings. The first kappa shape index (κ1) is 21.6. The minimum Gasteiger partial charge on any atom is -0.343 e. The second-order valence-corrected chi connectivity index (χ2v) is 8.37. The Hall–Kier alpha value is -1.67. The lowest BCUT2D eigenvalue weighted by Gasteiger charge is -2.31. The van der Waals surface area contributed by atoms with Crippen molar-refractivity contribution >= 4 is 39.1 Å². The van der Waals surface area contributed by atoms with E-state index < -0.39 is 10.0 Å². The van der Waals surface area contributed by atoms with Gasteiger partial charge in [-0.25, -0.2) is 13.1 Å². The van der Waals surface area contributed by atoms with Gasteiger partial charge in [0.25, 0.3) is 0 Å². The first-order valence-electron chi connectivity index (χ1n) is 8.93. The lowest BCUT2D eigenvalue weighted by atomic mass is 10.1. The summed E-state index contributed by atoms with van der Waals surface area (Å²) in [7, 11) is -1.69. The summed E-state index contributed by atoms with van der Waals surface area (Å²) in [5.41, 5.74) is 0. The summed E-state index contributed by atoms with van der Waals surface area (Å²) in [6.45, 7) is 1.56. The van der Waals surface area contributed by atoms with Gasteiger partial charge in [-0.3, -0.25) is 4.79 Å². The molecule has 0 spiro atoms. The van der Waals surface area contributed by atoms with E-state index in [1.165, 1.54) is 0 Å². The standard InChI is InChI=1S/C19H25N3O3S.ClH/c1-20-17-9-12-22(13-10-17)19(23)8-11-21-26(24,25)18-7-6-15-4-2-3-5-16(15)14-18;/h2-7,14,17,20-21H,8-13H2,1H3;1H. The molecule has 0 atom stereocenters. The van der Waals surface area contributed by atoms with Crippen LogP contribution >= 0.6 is 12.4 Å². The number of rotatable bonds is 6. The molecule has 1 aliphatic rings. The maximum absolute atomic E-state index is 12.5. The van der Waals surface area contributed by atoms with Gasteiger partial charge < -0.3 is 10.2 Å². The van der Waals surface area contributed by atoms with E-state index in [4.69, 9.17) is 0 Å². The molecular weight excluding hydrogens is 386 g/mol. The van der Waals surface area contributed by atoms with Crippen molar-refractivity contribution in [3.8, 4) is 0 Å². The highest BCUT2D eigenvalue weighted by Crippen LogP contribution is 2.19. The molecule has 1 saturated heterocycles. The Bertz CT molecular complexity index is 881. The van der Waals surface area contributed by atoms with Crippen LogP contribution in [0.3, 0.4) is 0 Å². The van der Waals surface area contributed by atoms with Crippen LogP contribution in [-0.2, 0) is 14.8 Å². The average Bonchev–Trinajstić information content (AvgIpc) is 2.67. The van der Waals surface area contributed by atoms with Gasteiger partial charge in [0.1, 0.15) is 0 Å². The molecule has 3 rings (SSSR count). The molecule has 1 aliphatic heterocycles. The van der Waals surface area contributed by atoms with E-state index in [0.717, 1.165) is 36.7 Å². The summed E-state index contributed by atoms with van der Waals surface area (Å²) in [5.74, 6) is 0.000708. The van der Waals surface area contributed by atoms with Crippen molar-refractivity contribution in [2.75, 3.05) is 26.7 Å². The molecule has 1 fully saturated rings. The monoisotopic (exact) mass is 411 g/mol. The van der Waals surface area contributed by atoms with Crippen LogP contribution in [0.2, 0.25) is 0 Å². The fraction of sp³-hybridized carbons (Fsp3) is 0.421. The maximum atomic E-state index is 12.5. The summed E-state index contributed by atoms with van der Waals surface area (Å²) in [6, 6.07) is 13.1. The second kappa shape index (κ2) is 9.50. The number of nitrogens with one attached hydrogen (secondary N) is 2. The Morgan fingerprint density at radius 1 is 1.11 bits per heavy atom. The van der Waals surface area contributed by atoms with Gasteiger partial charge in [0, 0.05) is 32.1 Å². The van der Waals surface area contributed by atoms with Crippen molar-refractivity contribution in [3.05, 3.63) is 42.5 Å². The van der Waals surface area contributed by atoms with Crippen molar-refractivity contribution < 1.29 is 13.2 Å². The first-order chi connectivity index (χ1) is 12.5. The third-order valence-electron chi connectivity index (χ3n) is 4.92. The molecule has 27 heavy (non-hydrogen) atoms. The van der Waals surface area contributed by atoms with E-state index in [-0.39, 0.29) is 36.2 Å². The summed E-state index contributed by atoms with van der Waals surface area (Å²) in [6.07, 6.45) is 2.05. The SMILES string of the molecule is CNC1CCN(C(=O)CCNS(=O)(=O)c2ccc3ccccc3c2)CC1.Cl. The average molecular weight is 412 g/mol. The van der Waals surface area contributed by atoms with E-state index >= 15 is 0 Å². The Morgan fingerprint density at radius 2 is 1.78 bits per heavy atom. The number of likely N-dealkylation sites (tertiary alicyclic amines) is 1. The summed E-state index contributed by atoms with van der Waals surface area (Å²) in [4.78, 5) is 14.3. The van der Waals surface area contributed by atoms with Crippen LogP contribution < -0.4 is 10.0 Å². The van der Waals surface area contributed by atoms with E-state index in [2.05, 4.69) is 10.0 Å². The maximum Gasteiger partial charge on any atom is 0.240 e. The summed E-state index contributed by atoms with van der Waals surface area (Å²) in [5, 5.41) is 5.09. The molecule has 0 saturated carbocycles. The van der Waals surface area contributed by atoms with Gasteiger partial charge in [-0.15, -0.1) is 12.4 Å². The van der Waals surface area contributed by atoms with Crippen molar-refractivity contribution in [1.29, 1.82) is 0 Å². The number of benzene rings is 2. The molecule has 8 heteroatoms. The highest BCUT2D eigenvalue weighted by Gasteiger charge is 2.22. The third kappa shape index (κ3) is 5.42. The lowest BCUT2D eigenvalue weighted by Crippen LogP contribution is -2.44. The van der Waals surface area contributed by atoms with Crippen LogP contribution in [0.4, 0.5) is 0 Å². The van der Waals surface area contributed by atoms with Crippen LogP contribution in [0.25, 0.3) is 10.8 Å². The minimum atomic E-state index is -3.62. The van der Waals surface area contributed by atoms with Crippen molar-refractivity contribution in [2.24, 2.45) is 0 Å². The topological polar surface area (TPSA) is 78.5 Å². The zero-order valence-corrected chi connectivity index (χ0v) is 17.0. The van der Waals surface area contributed by atoms with E-state index in [1.807, 2.05) is 36.2 Å². The molecule has 1 amide bonds. The number of carbonyl (C=O) groups excluding carboxylic acids is 1. The molecule has 148 valence electrons. The van der Waals surface area contributed by atoms with Gasteiger partial charge in [-0.2, -0.15) is 0 Å². The van der Waals surface area contributed by atoms with Crippen molar-refractivity contribution in [2.45, 2.75) is 30.2 Å². The Labute approximate surface area is 166 Å². The smallest absolute Gasteiger partial charge is 0.240 e. The Morgan fingerprint density at radius 3 is 2.44 bits per heavy atom. The second-order valence-electron chi connectivity index (χ2n) is 6.60. The van der Waals surface area contributed by atoms with E-state index in [1.54, 1.807) is 18.2 Å². The van der Waals surface area contributed by atoms with Gasteiger partial charge in [-0.1, -0.05) is 30.3 Å². The van der Waals surface area contributed by atoms with Gasteiger partial charge in [-0.05, 0) is 42.8 Å². The van der Waals surface area contributed by atoms with Gasteiger partial charge in [0.2, 0.25) is 15.9 Å². The number of amides is 1. The summed E-state index contributed by atoms with van der Waals surface area (Å²) < 4.78 is 27.5. The highest BCUT2D eigenvalue weighted by molar-refractivity contribution is 7.89. The molecule has 0 unspecified atom stereocenters. The predicted octanol–water partition coefficient (Wildman–Crippen LogP) is 2.14. The molecule has 0 aliphatic carbocycles. The fourth-order valence-corrected chi connectivity index (χ4v) is 4.35. The molecule has 0 aromatic heterocycles. The van der Waals surface area contributed by atoms with Crippen LogP contribution in [-0.4, -0.2) is 51.9 Å². The van der Waals surface area contributed by atoms with Crippen LogP contribution in [0.1, 0.15) is 19.3 Å². The molecule has 2 aromatic carbocycles. The van der Waals surface area contributed by atoms with Crippen LogP contribution in [0.15, 0.2) is 47.4 Å². The molecule has 1 heterocycles. The molecule has 0 radical (unpaired) electrons. The lowest BCUT2D eigenvalue weighted by molar-refractivity contribution is -0.132. The fourth-order valence-electron chi connectivity index (χ4n) is 3.29. The van der Waals surface area contributed by atoms with Gasteiger partial charge in [0.05, 0.1) is 4.90 Å². The predicted molar refractivity (Wildman–Crippen MR) is 110 cm³/mol. The van der Waals surface area contributed by atoms with Gasteiger partial charge in [0.15, 0.2) is 0 Å². The Balaban J connectivity index is 0.00000261. The highest BCUT2D eigenvalue weighted by atomic mass is 35.5. The molecule has 0 bridgehead atoms. The largest absolute Gasteiger partial charge is 0.343 e.